The van der Waals surface area contributed by atoms with Crippen molar-refractivity contribution in [3.8, 4) is 0 Å². The molecule has 1 aliphatic heterocycles. The van der Waals surface area contributed by atoms with Gasteiger partial charge in [0.2, 0.25) is 21.8 Å². The molecule has 28 heavy (non-hydrogen) atoms. The Morgan fingerprint density at radius 1 is 1.21 bits per heavy atom. The van der Waals surface area contributed by atoms with E-state index < -0.39 is 15.9 Å². The van der Waals surface area contributed by atoms with E-state index in [1.54, 1.807) is 24.4 Å². The zero-order valence-electron chi connectivity index (χ0n) is 15.7. The highest BCUT2D eigenvalue weighted by molar-refractivity contribution is 7.89. The SMILES string of the molecule is CN(C)S(=O)(=O)c1ccc(N2C[C@H](C(=O)NCc3ccccn3)CC2=O)cc1. The third-order valence-electron chi connectivity index (χ3n) is 4.59. The third kappa shape index (κ3) is 4.20. The summed E-state index contributed by atoms with van der Waals surface area (Å²) in [6.07, 6.45) is 1.77. The summed E-state index contributed by atoms with van der Waals surface area (Å²) in [4.78, 5) is 30.6. The molecule has 148 valence electrons. The minimum atomic E-state index is -3.53. The van der Waals surface area contributed by atoms with E-state index in [9.17, 15) is 18.0 Å². The van der Waals surface area contributed by atoms with Gasteiger partial charge >= 0.3 is 0 Å². The van der Waals surface area contributed by atoms with Gasteiger partial charge in [-0.05, 0) is 36.4 Å². The number of sulfonamides is 1. The topological polar surface area (TPSA) is 99.7 Å². The molecular weight excluding hydrogens is 380 g/mol. The summed E-state index contributed by atoms with van der Waals surface area (Å²) in [5.74, 6) is -0.823. The van der Waals surface area contributed by atoms with Crippen molar-refractivity contribution < 1.29 is 18.0 Å². The van der Waals surface area contributed by atoms with Crippen LogP contribution < -0.4 is 10.2 Å². The van der Waals surface area contributed by atoms with Gasteiger partial charge in [0.15, 0.2) is 0 Å². The molecule has 0 bridgehead atoms. The average Bonchev–Trinajstić information content (AvgIpc) is 3.08. The van der Waals surface area contributed by atoms with Gasteiger partial charge in [-0.3, -0.25) is 14.6 Å². The van der Waals surface area contributed by atoms with Crippen LogP contribution in [0.2, 0.25) is 0 Å². The van der Waals surface area contributed by atoms with Crippen LogP contribution in [-0.2, 0) is 26.2 Å². The number of pyridine rings is 1. The van der Waals surface area contributed by atoms with Gasteiger partial charge in [0.25, 0.3) is 0 Å². The van der Waals surface area contributed by atoms with Crippen molar-refractivity contribution in [1.82, 2.24) is 14.6 Å². The Kier molecular flexibility index (Phi) is 5.76. The Balaban J connectivity index is 1.65. The minimum Gasteiger partial charge on any atom is -0.350 e. The second-order valence-corrected chi connectivity index (χ2v) is 8.88. The lowest BCUT2D eigenvalue weighted by Crippen LogP contribution is -2.32. The number of amides is 2. The molecule has 2 heterocycles. The van der Waals surface area contributed by atoms with Gasteiger partial charge < -0.3 is 10.2 Å². The van der Waals surface area contributed by atoms with Crippen molar-refractivity contribution in [3.05, 3.63) is 54.4 Å². The summed E-state index contributed by atoms with van der Waals surface area (Å²) in [5.41, 5.74) is 1.32. The highest BCUT2D eigenvalue weighted by Crippen LogP contribution is 2.26. The number of rotatable bonds is 6. The monoisotopic (exact) mass is 402 g/mol. The van der Waals surface area contributed by atoms with Crippen LogP contribution in [0.15, 0.2) is 53.6 Å². The highest BCUT2D eigenvalue weighted by Gasteiger charge is 2.35. The molecule has 1 aromatic heterocycles. The fraction of sp³-hybridized carbons (Fsp3) is 0.316. The summed E-state index contributed by atoms with van der Waals surface area (Å²) in [6, 6.07) is 11.6. The van der Waals surface area contributed by atoms with Crippen LogP contribution in [-0.4, -0.2) is 50.2 Å². The van der Waals surface area contributed by atoms with Crippen LogP contribution in [0.25, 0.3) is 0 Å². The molecule has 1 saturated heterocycles. The molecule has 1 aliphatic rings. The molecule has 0 radical (unpaired) electrons. The van der Waals surface area contributed by atoms with E-state index in [0.717, 1.165) is 10.00 Å². The Labute approximate surface area is 164 Å². The zero-order chi connectivity index (χ0) is 20.3. The second kappa shape index (κ2) is 8.07. The van der Waals surface area contributed by atoms with E-state index in [1.807, 2.05) is 12.1 Å². The predicted molar refractivity (Wildman–Crippen MR) is 104 cm³/mol. The van der Waals surface area contributed by atoms with E-state index in [2.05, 4.69) is 10.3 Å². The predicted octanol–water partition coefficient (Wildman–Crippen LogP) is 1.00. The normalized spacial score (nSPS) is 17.2. The lowest BCUT2D eigenvalue weighted by molar-refractivity contribution is -0.126. The minimum absolute atomic E-state index is 0.117. The Hall–Kier alpha value is -2.78. The first-order valence-electron chi connectivity index (χ1n) is 8.79. The molecule has 2 amide bonds. The molecule has 2 aromatic rings. The molecule has 0 aliphatic carbocycles. The highest BCUT2D eigenvalue weighted by atomic mass is 32.2. The van der Waals surface area contributed by atoms with Crippen LogP contribution in [0.5, 0.6) is 0 Å². The van der Waals surface area contributed by atoms with Crippen LogP contribution >= 0.6 is 0 Å². The summed E-state index contributed by atoms with van der Waals surface area (Å²) < 4.78 is 25.4. The summed E-state index contributed by atoms with van der Waals surface area (Å²) in [6.45, 7) is 0.564. The lowest BCUT2D eigenvalue weighted by atomic mass is 10.1. The average molecular weight is 402 g/mol. The molecule has 0 saturated carbocycles. The second-order valence-electron chi connectivity index (χ2n) is 6.73. The van der Waals surface area contributed by atoms with Crippen molar-refractivity contribution in [2.75, 3.05) is 25.5 Å². The van der Waals surface area contributed by atoms with E-state index in [1.165, 1.54) is 31.1 Å². The molecule has 0 spiro atoms. The standard InChI is InChI=1S/C19H22N4O4S/c1-22(2)28(26,27)17-8-6-16(7-9-17)23-13-14(11-18(23)24)19(25)21-12-15-5-3-4-10-20-15/h3-10,14H,11-13H2,1-2H3,(H,21,25)/t14-/m1/s1. The third-order valence-corrected chi connectivity index (χ3v) is 6.42. The van der Waals surface area contributed by atoms with E-state index in [0.29, 0.717) is 12.2 Å². The number of nitrogens with zero attached hydrogens (tertiary/aromatic N) is 3. The van der Waals surface area contributed by atoms with Gasteiger partial charge in [-0.2, -0.15) is 0 Å². The van der Waals surface area contributed by atoms with Gasteiger partial charge in [-0.15, -0.1) is 0 Å². The van der Waals surface area contributed by atoms with Gasteiger partial charge in [-0.1, -0.05) is 6.07 Å². The maximum Gasteiger partial charge on any atom is 0.242 e. The molecule has 1 fully saturated rings. The van der Waals surface area contributed by atoms with Crippen LogP contribution in [0.1, 0.15) is 12.1 Å². The molecular formula is C19H22N4O4S. The fourth-order valence-electron chi connectivity index (χ4n) is 2.97. The van der Waals surface area contributed by atoms with Crippen molar-refractivity contribution in [1.29, 1.82) is 0 Å². The number of anilines is 1. The largest absolute Gasteiger partial charge is 0.350 e. The summed E-state index contributed by atoms with van der Waals surface area (Å²) in [7, 11) is -0.609. The van der Waals surface area contributed by atoms with Crippen molar-refractivity contribution in [3.63, 3.8) is 0 Å². The molecule has 1 aromatic carbocycles. The molecule has 0 unspecified atom stereocenters. The van der Waals surface area contributed by atoms with Gasteiger partial charge in [0.1, 0.15) is 0 Å². The molecule has 3 rings (SSSR count). The Morgan fingerprint density at radius 3 is 2.54 bits per heavy atom. The van der Waals surface area contributed by atoms with Gasteiger partial charge in [-0.25, -0.2) is 12.7 Å². The van der Waals surface area contributed by atoms with Crippen molar-refractivity contribution in [2.24, 2.45) is 5.92 Å². The fourth-order valence-corrected chi connectivity index (χ4v) is 3.87. The van der Waals surface area contributed by atoms with Crippen LogP contribution in [0.4, 0.5) is 5.69 Å². The maximum absolute atomic E-state index is 12.4. The Bertz CT molecular complexity index is 959. The molecule has 1 N–H and O–H groups in total. The Morgan fingerprint density at radius 2 is 1.93 bits per heavy atom. The number of carbonyl (C=O) groups excluding carboxylic acids is 2. The van der Waals surface area contributed by atoms with Gasteiger partial charge in [0, 0.05) is 38.9 Å². The van der Waals surface area contributed by atoms with Crippen molar-refractivity contribution in [2.45, 2.75) is 17.9 Å². The number of benzene rings is 1. The molecule has 1 atom stereocenters. The maximum atomic E-state index is 12.4. The first kappa shape index (κ1) is 20.0. The summed E-state index contributed by atoms with van der Waals surface area (Å²) >= 11 is 0. The van der Waals surface area contributed by atoms with Crippen LogP contribution in [0.3, 0.4) is 0 Å². The lowest BCUT2D eigenvalue weighted by Gasteiger charge is -2.18. The number of aromatic nitrogens is 1. The zero-order valence-corrected chi connectivity index (χ0v) is 16.5. The van der Waals surface area contributed by atoms with Crippen molar-refractivity contribution >= 4 is 27.5 Å². The van der Waals surface area contributed by atoms with E-state index in [-0.39, 0.29) is 29.7 Å². The van der Waals surface area contributed by atoms with Crippen LogP contribution in [0, 0.1) is 5.92 Å². The number of carbonyl (C=O) groups is 2. The molecule has 9 heteroatoms. The quantitative estimate of drug-likeness (QED) is 0.777. The first-order valence-corrected chi connectivity index (χ1v) is 10.2. The number of nitrogens with one attached hydrogen (secondary N) is 1. The number of hydrogen-bond acceptors (Lipinski definition) is 5. The molecule has 8 nitrogen and oxygen atoms in total. The summed E-state index contributed by atoms with van der Waals surface area (Å²) in [5, 5.41) is 2.81. The van der Waals surface area contributed by atoms with E-state index >= 15 is 0 Å². The number of hydrogen-bond donors (Lipinski definition) is 1. The van der Waals surface area contributed by atoms with E-state index in [4.69, 9.17) is 0 Å². The smallest absolute Gasteiger partial charge is 0.242 e. The van der Waals surface area contributed by atoms with Gasteiger partial charge in [0.05, 0.1) is 23.1 Å². The first-order chi connectivity index (χ1) is 13.3.